The normalized spacial score (nSPS) is 17.4. The molecule has 6 nitrogen and oxygen atoms in total. The summed E-state index contributed by atoms with van der Waals surface area (Å²) in [6.45, 7) is 4.40. The molecule has 2 rings (SSSR count). The predicted octanol–water partition coefficient (Wildman–Crippen LogP) is 0.357. The third kappa shape index (κ3) is 2.58. The number of nitrogens with two attached hydrogens (primary N) is 1. The van der Waals surface area contributed by atoms with Gasteiger partial charge in [-0.05, 0) is 19.8 Å². The summed E-state index contributed by atoms with van der Waals surface area (Å²) in [6, 6.07) is 0. The standard InChI is InChI=1S/C11H18N4O2/c1-2-17-8-3-5-15(6-4-8)10-9(12)11(16)14-7-13-10/h7-8H,2-6,12H2,1H3,(H,13,14,16). The first kappa shape index (κ1) is 11.9. The highest BCUT2D eigenvalue weighted by Gasteiger charge is 2.22. The van der Waals surface area contributed by atoms with Gasteiger partial charge in [0.1, 0.15) is 5.69 Å². The first-order chi connectivity index (χ1) is 8.22. The van der Waals surface area contributed by atoms with Crippen molar-refractivity contribution >= 4 is 11.5 Å². The van der Waals surface area contributed by atoms with E-state index in [4.69, 9.17) is 10.5 Å². The van der Waals surface area contributed by atoms with E-state index in [2.05, 4.69) is 9.97 Å². The molecule has 1 aromatic heterocycles. The van der Waals surface area contributed by atoms with Gasteiger partial charge in [-0.15, -0.1) is 0 Å². The van der Waals surface area contributed by atoms with Gasteiger partial charge in [0.15, 0.2) is 5.82 Å². The fourth-order valence-corrected chi connectivity index (χ4v) is 2.12. The first-order valence-electron chi connectivity index (χ1n) is 5.92. The summed E-state index contributed by atoms with van der Waals surface area (Å²) in [5.74, 6) is 0.587. The van der Waals surface area contributed by atoms with Gasteiger partial charge in [0.25, 0.3) is 5.56 Å². The van der Waals surface area contributed by atoms with Crippen molar-refractivity contribution in [3.05, 3.63) is 16.7 Å². The number of ether oxygens (including phenoxy) is 1. The van der Waals surface area contributed by atoms with Crippen LogP contribution in [0.3, 0.4) is 0 Å². The quantitative estimate of drug-likeness (QED) is 0.794. The zero-order valence-corrected chi connectivity index (χ0v) is 9.98. The summed E-state index contributed by atoms with van der Waals surface area (Å²) in [5.41, 5.74) is 5.65. The van der Waals surface area contributed by atoms with Crippen molar-refractivity contribution in [2.24, 2.45) is 0 Å². The minimum atomic E-state index is -0.276. The Hall–Kier alpha value is -1.56. The monoisotopic (exact) mass is 238 g/mol. The van der Waals surface area contributed by atoms with Gasteiger partial charge in [-0.1, -0.05) is 0 Å². The van der Waals surface area contributed by atoms with Crippen LogP contribution in [0.15, 0.2) is 11.1 Å². The number of nitrogens with one attached hydrogen (secondary N) is 1. The Labute approximate surface area is 99.8 Å². The van der Waals surface area contributed by atoms with Crippen LogP contribution in [-0.4, -0.2) is 35.8 Å². The Morgan fingerprint density at radius 2 is 2.29 bits per heavy atom. The van der Waals surface area contributed by atoms with E-state index >= 15 is 0 Å². The summed E-state index contributed by atoms with van der Waals surface area (Å²) in [5, 5.41) is 0. The smallest absolute Gasteiger partial charge is 0.276 e. The second-order valence-electron chi connectivity index (χ2n) is 4.11. The maximum absolute atomic E-state index is 11.4. The van der Waals surface area contributed by atoms with Gasteiger partial charge in [0, 0.05) is 19.7 Å². The van der Waals surface area contributed by atoms with Crippen LogP contribution in [0.5, 0.6) is 0 Å². The van der Waals surface area contributed by atoms with Crippen molar-refractivity contribution in [3.8, 4) is 0 Å². The minimum Gasteiger partial charge on any atom is -0.391 e. The van der Waals surface area contributed by atoms with E-state index in [1.165, 1.54) is 6.33 Å². The average molecular weight is 238 g/mol. The van der Waals surface area contributed by atoms with E-state index in [1.807, 2.05) is 11.8 Å². The van der Waals surface area contributed by atoms with Crippen molar-refractivity contribution in [1.82, 2.24) is 9.97 Å². The highest BCUT2D eigenvalue weighted by molar-refractivity contribution is 5.60. The number of piperidine rings is 1. The van der Waals surface area contributed by atoms with E-state index in [-0.39, 0.29) is 11.2 Å². The van der Waals surface area contributed by atoms with Crippen molar-refractivity contribution in [2.75, 3.05) is 30.3 Å². The number of aromatic nitrogens is 2. The van der Waals surface area contributed by atoms with Crippen LogP contribution in [0.1, 0.15) is 19.8 Å². The molecule has 3 N–H and O–H groups in total. The van der Waals surface area contributed by atoms with E-state index in [1.54, 1.807) is 0 Å². The van der Waals surface area contributed by atoms with E-state index in [0.29, 0.717) is 11.9 Å². The molecule has 0 spiro atoms. The zero-order chi connectivity index (χ0) is 12.3. The fraction of sp³-hybridized carbons (Fsp3) is 0.636. The second kappa shape index (κ2) is 5.18. The number of anilines is 2. The third-order valence-corrected chi connectivity index (χ3v) is 3.01. The summed E-state index contributed by atoms with van der Waals surface area (Å²) < 4.78 is 5.57. The molecule has 0 unspecified atom stereocenters. The van der Waals surface area contributed by atoms with Crippen LogP contribution in [0.25, 0.3) is 0 Å². The van der Waals surface area contributed by atoms with Crippen LogP contribution < -0.4 is 16.2 Å². The number of hydrogen-bond donors (Lipinski definition) is 2. The van der Waals surface area contributed by atoms with Gasteiger partial charge in [0.05, 0.1) is 12.4 Å². The molecule has 17 heavy (non-hydrogen) atoms. The molecule has 6 heteroatoms. The Kier molecular flexibility index (Phi) is 3.63. The Bertz CT molecular complexity index is 424. The fourth-order valence-electron chi connectivity index (χ4n) is 2.12. The third-order valence-electron chi connectivity index (χ3n) is 3.01. The number of aromatic amines is 1. The molecule has 0 bridgehead atoms. The molecule has 0 amide bonds. The predicted molar refractivity (Wildman–Crippen MR) is 66.1 cm³/mol. The largest absolute Gasteiger partial charge is 0.391 e. The highest BCUT2D eigenvalue weighted by Crippen LogP contribution is 2.21. The van der Waals surface area contributed by atoms with Crippen LogP contribution in [0.4, 0.5) is 11.5 Å². The molecule has 0 saturated carbocycles. The summed E-state index contributed by atoms with van der Waals surface area (Å²) in [7, 11) is 0. The lowest BCUT2D eigenvalue weighted by atomic mass is 10.1. The molecule has 0 atom stereocenters. The molecule has 2 heterocycles. The molecule has 0 aliphatic carbocycles. The van der Waals surface area contributed by atoms with Gasteiger partial charge < -0.3 is 20.4 Å². The van der Waals surface area contributed by atoms with Crippen molar-refractivity contribution in [3.63, 3.8) is 0 Å². The van der Waals surface area contributed by atoms with Crippen LogP contribution in [-0.2, 0) is 4.74 Å². The number of hydrogen-bond acceptors (Lipinski definition) is 5. The second-order valence-corrected chi connectivity index (χ2v) is 4.11. The summed E-state index contributed by atoms with van der Waals surface area (Å²) in [6.07, 6.45) is 3.60. The molecule has 1 saturated heterocycles. The highest BCUT2D eigenvalue weighted by atomic mass is 16.5. The summed E-state index contributed by atoms with van der Waals surface area (Å²) in [4.78, 5) is 20.0. The Balaban J connectivity index is 2.05. The van der Waals surface area contributed by atoms with E-state index in [0.717, 1.165) is 32.5 Å². The van der Waals surface area contributed by atoms with Crippen molar-refractivity contribution in [2.45, 2.75) is 25.9 Å². The molecule has 94 valence electrons. The number of rotatable bonds is 3. The number of nitrogens with zero attached hydrogens (tertiary/aromatic N) is 2. The first-order valence-corrected chi connectivity index (χ1v) is 5.92. The van der Waals surface area contributed by atoms with Gasteiger partial charge in [-0.2, -0.15) is 0 Å². The van der Waals surface area contributed by atoms with Crippen molar-refractivity contribution in [1.29, 1.82) is 0 Å². The van der Waals surface area contributed by atoms with Gasteiger partial charge in [-0.25, -0.2) is 4.98 Å². The van der Waals surface area contributed by atoms with Gasteiger partial charge in [0.2, 0.25) is 0 Å². The lowest BCUT2D eigenvalue weighted by Crippen LogP contribution is -2.38. The topological polar surface area (TPSA) is 84.2 Å². The van der Waals surface area contributed by atoms with Crippen LogP contribution >= 0.6 is 0 Å². The Morgan fingerprint density at radius 1 is 1.59 bits per heavy atom. The minimum absolute atomic E-state index is 0.197. The van der Waals surface area contributed by atoms with Crippen LogP contribution in [0, 0.1) is 0 Å². The van der Waals surface area contributed by atoms with Crippen LogP contribution in [0.2, 0.25) is 0 Å². The molecular formula is C11H18N4O2. The van der Waals surface area contributed by atoms with Gasteiger partial charge >= 0.3 is 0 Å². The summed E-state index contributed by atoms with van der Waals surface area (Å²) >= 11 is 0. The Morgan fingerprint density at radius 3 is 2.94 bits per heavy atom. The number of H-pyrrole nitrogens is 1. The SMILES string of the molecule is CCOC1CCN(c2nc[nH]c(=O)c2N)CC1. The molecule has 0 radical (unpaired) electrons. The molecule has 1 aromatic rings. The molecule has 1 aliphatic heterocycles. The molecule has 0 aromatic carbocycles. The average Bonchev–Trinajstić information content (AvgIpc) is 2.34. The zero-order valence-electron chi connectivity index (χ0n) is 9.98. The van der Waals surface area contributed by atoms with Gasteiger partial charge in [-0.3, -0.25) is 4.79 Å². The maximum atomic E-state index is 11.4. The molecular weight excluding hydrogens is 220 g/mol. The van der Waals surface area contributed by atoms with Crippen molar-refractivity contribution < 1.29 is 4.74 Å². The maximum Gasteiger partial charge on any atom is 0.276 e. The lowest BCUT2D eigenvalue weighted by Gasteiger charge is -2.32. The lowest BCUT2D eigenvalue weighted by molar-refractivity contribution is 0.0458. The van der Waals surface area contributed by atoms with E-state index in [9.17, 15) is 4.79 Å². The van der Waals surface area contributed by atoms with E-state index < -0.39 is 0 Å². The molecule has 1 fully saturated rings. The number of nitrogen functional groups attached to an aromatic ring is 1. The molecule has 1 aliphatic rings.